The molecule has 0 spiro atoms. The predicted octanol–water partition coefficient (Wildman–Crippen LogP) is 2.73. The Balaban J connectivity index is 2.20. The minimum Gasteiger partial charge on any atom is -0.465 e. The van der Waals surface area contributed by atoms with Crippen LogP contribution in [0.5, 0.6) is 0 Å². The highest BCUT2D eigenvalue weighted by atomic mass is 16.6. The van der Waals surface area contributed by atoms with E-state index in [1.54, 1.807) is 13.0 Å². The van der Waals surface area contributed by atoms with Crippen LogP contribution in [0.25, 0.3) is 0 Å². The first-order chi connectivity index (χ1) is 16.3. The monoisotopic (exact) mass is 490 g/mol. The molecule has 4 bridgehead atoms. The van der Waals surface area contributed by atoms with Crippen LogP contribution >= 0.6 is 0 Å². The van der Waals surface area contributed by atoms with Crippen LogP contribution in [0.2, 0.25) is 0 Å². The van der Waals surface area contributed by atoms with Gasteiger partial charge in [-0.25, -0.2) is 9.59 Å². The van der Waals surface area contributed by atoms with Gasteiger partial charge in [0, 0.05) is 26.7 Å². The molecule has 0 radical (unpaired) electrons. The third-order valence-electron chi connectivity index (χ3n) is 6.14. The molecule has 2 aliphatic heterocycles. The van der Waals surface area contributed by atoms with Gasteiger partial charge in [0.2, 0.25) is 0 Å². The molecule has 1 saturated heterocycles. The van der Waals surface area contributed by atoms with E-state index in [2.05, 4.69) is 6.58 Å². The first kappa shape index (κ1) is 26.2. The molecule has 0 aliphatic carbocycles. The molecule has 3 rings (SSSR count). The van der Waals surface area contributed by atoms with Crippen molar-refractivity contribution in [2.75, 3.05) is 7.11 Å². The van der Waals surface area contributed by atoms with E-state index in [4.69, 9.17) is 23.4 Å². The Morgan fingerprint density at radius 3 is 2.40 bits per heavy atom. The molecule has 5 atom stereocenters. The van der Waals surface area contributed by atoms with Crippen LogP contribution in [0.1, 0.15) is 68.5 Å². The summed E-state index contributed by atoms with van der Waals surface area (Å²) >= 11 is 0. The van der Waals surface area contributed by atoms with Crippen LogP contribution in [-0.4, -0.2) is 53.9 Å². The Hall–Kier alpha value is -3.40. The van der Waals surface area contributed by atoms with Gasteiger partial charge in [-0.05, 0) is 32.3 Å². The Kier molecular flexibility index (Phi) is 7.54. The maximum absolute atomic E-state index is 12.7. The minimum absolute atomic E-state index is 0.0156. The van der Waals surface area contributed by atoms with Crippen LogP contribution in [0.4, 0.5) is 0 Å². The smallest absolute Gasteiger partial charge is 0.341 e. The standard InChI is InChI=1S/C25H30O10/c1-12(2)15-7-8-16-21(32-13(3)26)20(35-24(16)29)11-25(5,30)22(33-14(4)27)19-10-17(23(28)31-6)18(9-15)34-19/h8,10,15,20-22,30H,1,7,9,11H2,2-6H3. The van der Waals surface area contributed by atoms with E-state index >= 15 is 0 Å². The zero-order valence-electron chi connectivity index (χ0n) is 20.4. The van der Waals surface area contributed by atoms with Gasteiger partial charge in [0.1, 0.15) is 28.8 Å². The number of fused-ring (bicyclic) bond motifs is 4. The van der Waals surface area contributed by atoms with E-state index in [9.17, 15) is 24.3 Å². The first-order valence-corrected chi connectivity index (χ1v) is 11.2. The summed E-state index contributed by atoms with van der Waals surface area (Å²) in [6.45, 7) is 9.56. The van der Waals surface area contributed by atoms with Crippen molar-refractivity contribution in [3.8, 4) is 0 Å². The van der Waals surface area contributed by atoms with Crippen molar-refractivity contribution in [3.05, 3.63) is 47.0 Å². The number of rotatable bonds is 4. The SMILES string of the molecule is C=C(C)C1CC=C2C(=O)OC(CC(C)(O)C(OC(C)=O)c3cc(C(=O)OC)c(o3)C1)C2OC(C)=O. The fraction of sp³-hybridized carbons (Fsp3) is 0.520. The van der Waals surface area contributed by atoms with Crippen LogP contribution < -0.4 is 0 Å². The van der Waals surface area contributed by atoms with Crippen molar-refractivity contribution in [2.45, 2.75) is 70.9 Å². The number of hydrogen-bond acceptors (Lipinski definition) is 10. The van der Waals surface area contributed by atoms with Gasteiger partial charge in [0.25, 0.3) is 0 Å². The molecule has 190 valence electrons. The number of carbonyl (C=O) groups is 4. The van der Waals surface area contributed by atoms with Crippen molar-refractivity contribution in [1.82, 2.24) is 0 Å². The molecule has 2 aliphatic rings. The maximum atomic E-state index is 12.7. The highest BCUT2D eigenvalue weighted by Crippen LogP contribution is 2.41. The van der Waals surface area contributed by atoms with Gasteiger partial charge in [0.15, 0.2) is 12.2 Å². The van der Waals surface area contributed by atoms with Gasteiger partial charge in [-0.1, -0.05) is 18.2 Å². The lowest BCUT2D eigenvalue weighted by atomic mass is 9.86. The summed E-state index contributed by atoms with van der Waals surface area (Å²) in [5.74, 6) is -2.67. The van der Waals surface area contributed by atoms with E-state index in [0.29, 0.717) is 6.42 Å². The molecule has 1 aromatic rings. The summed E-state index contributed by atoms with van der Waals surface area (Å²) in [6.07, 6.45) is -1.62. The molecule has 0 aromatic carbocycles. The summed E-state index contributed by atoms with van der Waals surface area (Å²) < 4.78 is 27.2. The molecule has 0 saturated carbocycles. The van der Waals surface area contributed by atoms with Crippen LogP contribution in [-0.2, 0) is 39.8 Å². The zero-order chi connectivity index (χ0) is 26.1. The molecule has 5 unspecified atom stereocenters. The van der Waals surface area contributed by atoms with Gasteiger partial charge in [-0.3, -0.25) is 9.59 Å². The number of allylic oxidation sites excluding steroid dienone is 2. The predicted molar refractivity (Wildman–Crippen MR) is 120 cm³/mol. The fourth-order valence-electron chi connectivity index (χ4n) is 4.39. The normalized spacial score (nSPS) is 28.4. The van der Waals surface area contributed by atoms with E-state index < -0.39 is 47.8 Å². The average Bonchev–Trinajstić information content (AvgIpc) is 3.28. The second-order valence-electron chi connectivity index (χ2n) is 9.14. The Bertz CT molecular complexity index is 1080. The van der Waals surface area contributed by atoms with Crippen molar-refractivity contribution >= 4 is 23.9 Å². The highest BCUT2D eigenvalue weighted by molar-refractivity contribution is 5.93. The van der Waals surface area contributed by atoms with Crippen LogP contribution in [0.15, 0.2) is 34.3 Å². The zero-order valence-corrected chi connectivity index (χ0v) is 20.4. The number of hydrogen-bond donors (Lipinski definition) is 1. The lowest BCUT2D eigenvalue weighted by molar-refractivity contribution is -0.174. The van der Waals surface area contributed by atoms with Crippen LogP contribution in [0, 0.1) is 5.92 Å². The van der Waals surface area contributed by atoms with Crippen molar-refractivity contribution in [3.63, 3.8) is 0 Å². The first-order valence-electron chi connectivity index (χ1n) is 11.2. The van der Waals surface area contributed by atoms with Gasteiger partial charge < -0.3 is 28.5 Å². The number of ether oxygens (including phenoxy) is 4. The van der Waals surface area contributed by atoms with E-state index in [0.717, 1.165) is 12.5 Å². The van der Waals surface area contributed by atoms with Crippen molar-refractivity contribution in [1.29, 1.82) is 0 Å². The molecular weight excluding hydrogens is 460 g/mol. The molecule has 1 aromatic heterocycles. The number of methoxy groups -OCH3 is 1. The number of aliphatic hydroxyl groups is 1. The highest BCUT2D eigenvalue weighted by Gasteiger charge is 2.49. The quantitative estimate of drug-likeness (QED) is 0.381. The second-order valence-corrected chi connectivity index (χ2v) is 9.14. The van der Waals surface area contributed by atoms with E-state index in [1.165, 1.54) is 27.0 Å². The number of esters is 4. The molecule has 10 nitrogen and oxygen atoms in total. The Morgan fingerprint density at radius 2 is 1.83 bits per heavy atom. The summed E-state index contributed by atoms with van der Waals surface area (Å²) in [5, 5.41) is 11.4. The molecule has 0 amide bonds. The maximum Gasteiger partial charge on any atom is 0.341 e. The number of furan rings is 1. The largest absolute Gasteiger partial charge is 0.465 e. The molecule has 1 fully saturated rings. The van der Waals surface area contributed by atoms with Crippen LogP contribution in [0.3, 0.4) is 0 Å². The third kappa shape index (κ3) is 5.64. The molecule has 3 heterocycles. The summed E-state index contributed by atoms with van der Waals surface area (Å²) in [6, 6.07) is 1.37. The third-order valence-corrected chi connectivity index (χ3v) is 6.14. The molecule has 10 heteroatoms. The Labute approximate surface area is 202 Å². The van der Waals surface area contributed by atoms with Gasteiger partial charge in [-0.15, -0.1) is 0 Å². The lowest BCUT2D eigenvalue weighted by Crippen LogP contribution is -2.42. The molecule has 35 heavy (non-hydrogen) atoms. The minimum atomic E-state index is -1.85. The van der Waals surface area contributed by atoms with Crippen molar-refractivity contribution in [2.24, 2.45) is 5.92 Å². The van der Waals surface area contributed by atoms with Gasteiger partial charge in [-0.2, -0.15) is 0 Å². The summed E-state index contributed by atoms with van der Waals surface area (Å²) in [5.41, 5.74) is -0.835. The van der Waals surface area contributed by atoms with Gasteiger partial charge in [0.05, 0.1) is 12.7 Å². The summed E-state index contributed by atoms with van der Waals surface area (Å²) in [4.78, 5) is 48.9. The van der Waals surface area contributed by atoms with Crippen molar-refractivity contribution < 1.29 is 47.6 Å². The Morgan fingerprint density at radius 1 is 1.17 bits per heavy atom. The lowest BCUT2D eigenvalue weighted by Gasteiger charge is -2.33. The van der Waals surface area contributed by atoms with E-state index in [1.807, 2.05) is 0 Å². The second kappa shape index (κ2) is 10.1. The fourth-order valence-corrected chi connectivity index (χ4v) is 4.39. The average molecular weight is 491 g/mol. The molecule has 1 N–H and O–H groups in total. The summed E-state index contributed by atoms with van der Waals surface area (Å²) in [7, 11) is 1.23. The number of carbonyl (C=O) groups excluding carboxylic acids is 4. The van der Waals surface area contributed by atoms with Gasteiger partial charge >= 0.3 is 23.9 Å². The topological polar surface area (TPSA) is 139 Å². The van der Waals surface area contributed by atoms with E-state index in [-0.39, 0.29) is 41.4 Å². The molecular formula is C25H30O10.